The molecule has 0 radical (unpaired) electrons. The predicted molar refractivity (Wildman–Crippen MR) is 68.8 cm³/mol. The maximum atomic E-state index is 13.9. The molecule has 1 N–H and O–H groups in total. The quantitative estimate of drug-likeness (QED) is 0.881. The topological polar surface area (TPSA) is 18.5 Å². The zero-order valence-corrected chi connectivity index (χ0v) is 10.8. The van der Waals surface area contributed by atoms with Crippen molar-refractivity contribution < 1.29 is 8.78 Å². The SMILES string of the molecule is CN(C)c1c(F)ccc(F)c1CN1CCNCC1. The van der Waals surface area contributed by atoms with E-state index in [1.807, 2.05) is 0 Å². The summed E-state index contributed by atoms with van der Waals surface area (Å²) in [4.78, 5) is 3.78. The van der Waals surface area contributed by atoms with Gasteiger partial charge in [-0.25, -0.2) is 8.78 Å². The molecule has 1 heterocycles. The molecule has 1 aromatic carbocycles. The van der Waals surface area contributed by atoms with Gasteiger partial charge in [0.1, 0.15) is 11.6 Å². The Kier molecular flexibility index (Phi) is 4.14. The van der Waals surface area contributed by atoms with E-state index in [1.165, 1.54) is 12.1 Å². The van der Waals surface area contributed by atoms with Gasteiger partial charge < -0.3 is 10.2 Å². The van der Waals surface area contributed by atoms with Crippen LogP contribution in [0.3, 0.4) is 0 Å². The van der Waals surface area contributed by atoms with Crippen LogP contribution in [-0.4, -0.2) is 45.2 Å². The largest absolute Gasteiger partial charge is 0.375 e. The van der Waals surface area contributed by atoms with Crippen molar-refractivity contribution in [3.05, 3.63) is 29.3 Å². The molecule has 3 nitrogen and oxygen atoms in total. The zero-order valence-electron chi connectivity index (χ0n) is 10.8. The Balaban J connectivity index is 2.27. The van der Waals surface area contributed by atoms with Crippen LogP contribution >= 0.6 is 0 Å². The van der Waals surface area contributed by atoms with Gasteiger partial charge in [0.15, 0.2) is 0 Å². The molecule has 1 aliphatic heterocycles. The minimum atomic E-state index is -0.369. The van der Waals surface area contributed by atoms with Gasteiger partial charge in [0.25, 0.3) is 0 Å². The summed E-state index contributed by atoms with van der Waals surface area (Å²) in [5.41, 5.74) is 0.801. The molecule has 0 saturated carbocycles. The van der Waals surface area contributed by atoms with Crippen molar-refractivity contribution in [2.75, 3.05) is 45.2 Å². The molecule has 100 valence electrons. The summed E-state index contributed by atoms with van der Waals surface area (Å²) >= 11 is 0. The Morgan fingerprint density at radius 3 is 2.39 bits per heavy atom. The number of anilines is 1. The molecule has 0 aromatic heterocycles. The number of hydrogen-bond donors (Lipinski definition) is 1. The smallest absolute Gasteiger partial charge is 0.147 e. The third kappa shape index (κ3) is 2.79. The van der Waals surface area contributed by atoms with Crippen molar-refractivity contribution in [1.82, 2.24) is 10.2 Å². The first-order valence-electron chi connectivity index (χ1n) is 6.17. The van der Waals surface area contributed by atoms with E-state index >= 15 is 0 Å². The molecule has 0 amide bonds. The molecule has 0 spiro atoms. The van der Waals surface area contributed by atoms with E-state index in [4.69, 9.17) is 0 Å². The second kappa shape index (κ2) is 5.63. The monoisotopic (exact) mass is 255 g/mol. The van der Waals surface area contributed by atoms with Crippen LogP contribution in [0.5, 0.6) is 0 Å². The van der Waals surface area contributed by atoms with Crippen LogP contribution in [0.15, 0.2) is 12.1 Å². The number of nitrogens with one attached hydrogen (secondary N) is 1. The fourth-order valence-corrected chi connectivity index (χ4v) is 2.31. The molecule has 5 heteroatoms. The molecule has 18 heavy (non-hydrogen) atoms. The molecule has 0 aliphatic carbocycles. The highest BCUT2D eigenvalue weighted by molar-refractivity contribution is 5.54. The third-order valence-electron chi connectivity index (χ3n) is 3.21. The van der Waals surface area contributed by atoms with Crippen molar-refractivity contribution in [2.24, 2.45) is 0 Å². The predicted octanol–water partition coefficient (Wildman–Crippen LogP) is 1.44. The molecule has 2 rings (SSSR count). The molecular weight excluding hydrogens is 236 g/mol. The number of benzene rings is 1. The Morgan fingerprint density at radius 2 is 1.78 bits per heavy atom. The maximum Gasteiger partial charge on any atom is 0.147 e. The van der Waals surface area contributed by atoms with E-state index in [9.17, 15) is 8.78 Å². The number of rotatable bonds is 3. The summed E-state index contributed by atoms with van der Waals surface area (Å²) in [6.45, 7) is 3.98. The maximum absolute atomic E-state index is 13.9. The summed E-state index contributed by atoms with van der Waals surface area (Å²) in [5.74, 6) is -0.704. The third-order valence-corrected chi connectivity index (χ3v) is 3.21. The lowest BCUT2D eigenvalue weighted by molar-refractivity contribution is 0.230. The Labute approximate surface area is 106 Å². The second-order valence-corrected chi connectivity index (χ2v) is 4.78. The lowest BCUT2D eigenvalue weighted by Gasteiger charge is -2.29. The number of piperazine rings is 1. The molecule has 0 atom stereocenters. The molecule has 1 fully saturated rings. The van der Waals surface area contributed by atoms with Crippen LogP contribution in [0.2, 0.25) is 0 Å². The van der Waals surface area contributed by atoms with Gasteiger partial charge in [-0.2, -0.15) is 0 Å². The van der Waals surface area contributed by atoms with Crippen LogP contribution in [0.1, 0.15) is 5.56 Å². The van der Waals surface area contributed by atoms with Gasteiger partial charge in [0.05, 0.1) is 5.69 Å². The summed E-state index contributed by atoms with van der Waals surface area (Å²) < 4.78 is 27.7. The van der Waals surface area contributed by atoms with Gasteiger partial charge in [-0.05, 0) is 12.1 Å². The minimum Gasteiger partial charge on any atom is -0.375 e. The fourth-order valence-electron chi connectivity index (χ4n) is 2.31. The van der Waals surface area contributed by atoms with E-state index < -0.39 is 0 Å². The van der Waals surface area contributed by atoms with Gasteiger partial charge in [0.2, 0.25) is 0 Å². The summed E-state index contributed by atoms with van der Waals surface area (Å²) in [6, 6.07) is 2.39. The molecule has 1 aromatic rings. The van der Waals surface area contributed by atoms with Gasteiger partial charge in [-0.15, -0.1) is 0 Å². The first-order chi connectivity index (χ1) is 8.59. The van der Waals surface area contributed by atoms with E-state index in [0.717, 1.165) is 26.2 Å². The highest BCUT2D eigenvalue weighted by Crippen LogP contribution is 2.26. The van der Waals surface area contributed by atoms with Crippen molar-refractivity contribution in [3.8, 4) is 0 Å². The summed E-state index contributed by atoms with van der Waals surface area (Å²) in [7, 11) is 3.47. The van der Waals surface area contributed by atoms with Crippen molar-refractivity contribution >= 4 is 5.69 Å². The van der Waals surface area contributed by atoms with Crippen LogP contribution in [0.25, 0.3) is 0 Å². The van der Waals surface area contributed by atoms with E-state index in [0.29, 0.717) is 17.8 Å². The molecule has 0 bridgehead atoms. The number of halogens is 2. The van der Waals surface area contributed by atoms with Gasteiger partial charge in [0, 0.05) is 52.4 Å². The summed E-state index contributed by atoms with van der Waals surface area (Å²) in [6.07, 6.45) is 0. The van der Waals surface area contributed by atoms with Crippen molar-refractivity contribution in [1.29, 1.82) is 0 Å². The molecular formula is C13H19F2N3. The van der Waals surface area contributed by atoms with E-state index in [-0.39, 0.29) is 11.6 Å². The first kappa shape index (κ1) is 13.2. The molecule has 1 saturated heterocycles. The van der Waals surface area contributed by atoms with Gasteiger partial charge >= 0.3 is 0 Å². The lowest BCUT2D eigenvalue weighted by Crippen LogP contribution is -2.43. The minimum absolute atomic E-state index is 0.335. The average Bonchev–Trinajstić information content (AvgIpc) is 2.35. The number of nitrogens with zero attached hydrogens (tertiary/aromatic N) is 2. The average molecular weight is 255 g/mol. The highest BCUT2D eigenvalue weighted by atomic mass is 19.1. The second-order valence-electron chi connectivity index (χ2n) is 4.78. The fraction of sp³-hybridized carbons (Fsp3) is 0.538. The zero-order chi connectivity index (χ0) is 13.1. The normalized spacial score (nSPS) is 16.9. The van der Waals surface area contributed by atoms with Crippen LogP contribution < -0.4 is 10.2 Å². The van der Waals surface area contributed by atoms with Crippen LogP contribution in [0.4, 0.5) is 14.5 Å². The van der Waals surface area contributed by atoms with Gasteiger partial charge in [-0.1, -0.05) is 0 Å². The lowest BCUT2D eigenvalue weighted by atomic mass is 10.1. The first-order valence-corrected chi connectivity index (χ1v) is 6.17. The van der Waals surface area contributed by atoms with Crippen LogP contribution in [0, 0.1) is 11.6 Å². The number of hydrogen-bond acceptors (Lipinski definition) is 3. The Morgan fingerprint density at radius 1 is 1.17 bits per heavy atom. The van der Waals surface area contributed by atoms with Crippen LogP contribution in [-0.2, 0) is 6.54 Å². The van der Waals surface area contributed by atoms with Gasteiger partial charge in [-0.3, -0.25) is 4.90 Å². The molecule has 1 aliphatic rings. The van der Waals surface area contributed by atoms with E-state index in [2.05, 4.69) is 10.2 Å². The summed E-state index contributed by atoms with van der Waals surface area (Å²) in [5, 5.41) is 3.24. The Bertz CT molecular complexity index is 415. The van der Waals surface area contributed by atoms with Crippen molar-refractivity contribution in [2.45, 2.75) is 6.54 Å². The van der Waals surface area contributed by atoms with E-state index in [1.54, 1.807) is 19.0 Å². The van der Waals surface area contributed by atoms with Crippen molar-refractivity contribution in [3.63, 3.8) is 0 Å². The Hall–Kier alpha value is -1.20. The highest BCUT2D eigenvalue weighted by Gasteiger charge is 2.19. The standard InChI is InChI=1S/C13H19F2N3/c1-17(2)13-10(11(14)3-4-12(13)15)9-18-7-5-16-6-8-18/h3-4,16H,5-9H2,1-2H3. The molecule has 0 unspecified atom stereocenters.